The maximum atomic E-state index is 3.69. The molecule has 0 radical (unpaired) electrons. The molecule has 0 bridgehead atoms. The van der Waals surface area contributed by atoms with Gasteiger partial charge in [-0.15, -0.1) is 0 Å². The minimum Gasteiger partial charge on any atom is -0.354 e. The summed E-state index contributed by atoms with van der Waals surface area (Å²) in [5, 5.41) is 2.48. The van der Waals surface area contributed by atoms with Gasteiger partial charge in [0, 0.05) is 38.9 Å². The normalized spacial score (nSPS) is 11.2. The molecule has 0 saturated heterocycles. The molecule has 1 heterocycles. The highest BCUT2D eigenvalue weighted by atomic mass is 15.1. The van der Waals surface area contributed by atoms with E-state index in [1.165, 1.54) is 49.7 Å². The molecule has 0 atom stereocenters. The smallest absolute Gasteiger partial charge is 0.0544 e. The second-order valence-electron chi connectivity index (χ2n) is 11.1. The molecule has 0 spiro atoms. The van der Waals surface area contributed by atoms with Crippen LogP contribution < -0.4 is 4.90 Å². The molecule has 44 heavy (non-hydrogen) atoms. The lowest BCUT2D eigenvalue weighted by molar-refractivity contribution is 1.28. The van der Waals surface area contributed by atoms with Gasteiger partial charge in [0.1, 0.15) is 0 Å². The van der Waals surface area contributed by atoms with E-state index < -0.39 is 0 Å². The Bertz CT molecular complexity index is 2180. The Morgan fingerprint density at radius 3 is 1.45 bits per heavy atom. The lowest BCUT2D eigenvalue weighted by Crippen LogP contribution is -2.09. The fourth-order valence-electron chi connectivity index (χ4n) is 6.22. The number of H-pyrrole nitrogens is 1. The maximum absolute atomic E-state index is 3.69. The molecule has 0 aliphatic carbocycles. The van der Waals surface area contributed by atoms with E-state index in [2.05, 4.69) is 186 Å². The summed E-state index contributed by atoms with van der Waals surface area (Å²) in [5.74, 6) is 0. The highest BCUT2D eigenvalue weighted by molar-refractivity contribution is 6.13. The van der Waals surface area contributed by atoms with E-state index in [9.17, 15) is 0 Å². The van der Waals surface area contributed by atoms with Gasteiger partial charge < -0.3 is 9.88 Å². The summed E-state index contributed by atoms with van der Waals surface area (Å²) in [7, 11) is 0. The third kappa shape index (κ3) is 4.73. The molecular formula is C42H30N2. The third-order valence-electron chi connectivity index (χ3n) is 8.41. The molecule has 2 heteroatoms. The van der Waals surface area contributed by atoms with Crippen LogP contribution in [-0.4, -0.2) is 4.98 Å². The predicted molar refractivity (Wildman–Crippen MR) is 187 cm³/mol. The van der Waals surface area contributed by atoms with E-state index in [1.54, 1.807) is 0 Å². The van der Waals surface area contributed by atoms with Gasteiger partial charge in [0.2, 0.25) is 0 Å². The van der Waals surface area contributed by atoms with Crippen molar-refractivity contribution < 1.29 is 0 Å². The number of benzene rings is 7. The van der Waals surface area contributed by atoms with Crippen LogP contribution in [0.1, 0.15) is 0 Å². The first-order valence-electron chi connectivity index (χ1n) is 15.0. The van der Waals surface area contributed by atoms with E-state index in [1.807, 2.05) is 0 Å². The number of nitrogens with one attached hydrogen (secondary N) is 1. The van der Waals surface area contributed by atoms with Gasteiger partial charge in [-0.3, -0.25) is 0 Å². The minimum atomic E-state index is 1.11. The fraction of sp³-hybridized carbons (Fsp3) is 0. The number of fused-ring (bicyclic) bond motifs is 3. The van der Waals surface area contributed by atoms with Crippen molar-refractivity contribution in [3.05, 3.63) is 176 Å². The first-order chi connectivity index (χ1) is 21.8. The lowest BCUT2D eigenvalue weighted by atomic mass is 9.95. The van der Waals surface area contributed by atoms with E-state index in [-0.39, 0.29) is 0 Å². The summed E-state index contributed by atoms with van der Waals surface area (Å²) in [5.41, 5.74) is 12.9. The van der Waals surface area contributed by atoms with Crippen LogP contribution in [0.5, 0.6) is 0 Å². The Morgan fingerprint density at radius 1 is 0.341 bits per heavy atom. The van der Waals surface area contributed by atoms with E-state index in [0.717, 1.165) is 22.6 Å². The highest BCUT2D eigenvalue weighted by Crippen LogP contribution is 2.40. The van der Waals surface area contributed by atoms with E-state index in [0.29, 0.717) is 0 Å². The average Bonchev–Trinajstić information content (AvgIpc) is 3.49. The molecule has 7 aromatic carbocycles. The third-order valence-corrected chi connectivity index (χ3v) is 8.41. The number of hydrogen-bond acceptors (Lipinski definition) is 1. The summed E-state index contributed by atoms with van der Waals surface area (Å²) < 4.78 is 0. The molecule has 1 N–H and O–H groups in total. The van der Waals surface area contributed by atoms with E-state index in [4.69, 9.17) is 0 Å². The van der Waals surface area contributed by atoms with Gasteiger partial charge in [0.15, 0.2) is 0 Å². The number of para-hydroxylation sites is 2. The standard InChI is InChI=1S/C42H30N2/c1-4-12-30(13-5-1)31-20-24-36(25-21-31)44(35-16-8-3-9-17-35)37-26-22-32(23-27-37)34-28-39(33-14-6-2-7-15-33)42-40(29-34)38-18-10-11-19-41(38)43-42/h1-29,43H. The van der Waals surface area contributed by atoms with Gasteiger partial charge in [-0.2, -0.15) is 0 Å². The van der Waals surface area contributed by atoms with Gasteiger partial charge in [0.05, 0.1) is 5.52 Å². The molecule has 0 amide bonds. The molecule has 208 valence electrons. The van der Waals surface area contributed by atoms with Crippen molar-refractivity contribution in [1.29, 1.82) is 0 Å². The zero-order chi connectivity index (χ0) is 29.3. The molecule has 2 nitrogen and oxygen atoms in total. The van der Waals surface area contributed by atoms with Gasteiger partial charge in [-0.05, 0) is 82.4 Å². The van der Waals surface area contributed by atoms with Gasteiger partial charge in [-0.1, -0.05) is 121 Å². The fourth-order valence-corrected chi connectivity index (χ4v) is 6.22. The van der Waals surface area contributed by atoms with Crippen molar-refractivity contribution in [2.75, 3.05) is 4.90 Å². The summed E-state index contributed by atoms with van der Waals surface area (Å²) in [6.07, 6.45) is 0. The second kappa shape index (κ2) is 11.1. The zero-order valence-corrected chi connectivity index (χ0v) is 24.2. The number of nitrogens with zero attached hydrogens (tertiary/aromatic N) is 1. The largest absolute Gasteiger partial charge is 0.354 e. The number of anilines is 3. The number of hydrogen-bond donors (Lipinski definition) is 1. The molecule has 0 aliphatic rings. The van der Waals surface area contributed by atoms with Gasteiger partial charge in [-0.25, -0.2) is 0 Å². The maximum Gasteiger partial charge on any atom is 0.0544 e. The molecular weight excluding hydrogens is 532 g/mol. The van der Waals surface area contributed by atoms with Crippen LogP contribution in [0.4, 0.5) is 17.1 Å². The Hall–Kier alpha value is -5.86. The van der Waals surface area contributed by atoms with Crippen LogP contribution >= 0.6 is 0 Å². The van der Waals surface area contributed by atoms with Crippen LogP contribution in [0.15, 0.2) is 176 Å². The zero-order valence-electron chi connectivity index (χ0n) is 24.2. The first-order valence-corrected chi connectivity index (χ1v) is 15.0. The Balaban J connectivity index is 1.22. The van der Waals surface area contributed by atoms with Crippen LogP contribution in [0.3, 0.4) is 0 Å². The van der Waals surface area contributed by atoms with Crippen molar-refractivity contribution >= 4 is 38.9 Å². The summed E-state index contributed by atoms with van der Waals surface area (Å²) in [6.45, 7) is 0. The molecule has 8 aromatic rings. The summed E-state index contributed by atoms with van der Waals surface area (Å²) >= 11 is 0. The number of aromatic nitrogens is 1. The lowest BCUT2D eigenvalue weighted by Gasteiger charge is -2.26. The van der Waals surface area contributed by atoms with Gasteiger partial charge in [0.25, 0.3) is 0 Å². The van der Waals surface area contributed by atoms with E-state index >= 15 is 0 Å². The average molecular weight is 563 g/mol. The molecule has 0 unspecified atom stereocenters. The Morgan fingerprint density at radius 2 is 0.818 bits per heavy atom. The topological polar surface area (TPSA) is 19.0 Å². The Labute approximate surface area is 257 Å². The second-order valence-corrected chi connectivity index (χ2v) is 11.1. The SMILES string of the molecule is c1ccc(-c2ccc(N(c3ccccc3)c3ccc(-c4cc(-c5ccccc5)c5[nH]c6ccccc6c5c4)cc3)cc2)cc1. The quantitative estimate of drug-likeness (QED) is 0.214. The van der Waals surface area contributed by atoms with Crippen LogP contribution in [0.25, 0.3) is 55.2 Å². The van der Waals surface area contributed by atoms with Crippen LogP contribution in [0.2, 0.25) is 0 Å². The molecule has 1 aromatic heterocycles. The van der Waals surface area contributed by atoms with Gasteiger partial charge >= 0.3 is 0 Å². The Kier molecular flexibility index (Phi) is 6.51. The minimum absolute atomic E-state index is 1.11. The molecule has 0 saturated carbocycles. The highest BCUT2D eigenvalue weighted by Gasteiger charge is 2.15. The van der Waals surface area contributed by atoms with Crippen molar-refractivity contribution in [2.24, 2.45) is 0 Å². The molecule has 0 aliphatic heterocycles. The summed E-state index contributed by atoms with van der Waals surface area (Å²) in [4.78, 5) is 6.01. The monoisotopic (exact) mass is 562 g/mol. The summed E-state index contributed by atoms with van der Waals surface area (Å²) in [6, 6.07) is 62.8. The molecule has 0 fully saturated rings. The number of rotatable bonds is 6. The van der Waals surface area contributed by atoms with Crippen molar-refractivity contribution in [2.45, 2.75) is 0 Å². The molecule has 8 rings (SSSR count). The van der Waals surface area contributed by atoms with Crippen molar-refractivity contribution in [1.82, 2.24) is 4.98 Å². The predicted octanol–water partition coefficient (Wildman–Crippen LogP) is 11.8. The number of aromatic amines is 1. The van der Waals surface area contributed by atoms with Crippen molar-refractivity contribution in [3.63, 3.8) is 0 Å². The van der Waals surface area contributed by atoms with Crippen LogP contribution in [0, 0.1) is 0 Å². The van der Waals surface area contributed by atoms with Crippen molar-refractivity contribution in [3.8, 4) is 33.4 Å². The van der Waals surface area contributed by atoms with Crippen LogP contribution in [-0.2, 0) is 0 Å². The first kappa shape index (κ1) is 25.8.